The molecule has 2 atom stereocenters. The molecule has 0 aliphatic carbocycles. The topological polar surface area (TPSA) is 40.5 Å². The van der Waals surface area contributed by atoms with Crippen LogP contribution >= 0.6 is 23.2 Å². The van der Waals surface area contributed by atoms with Gasteiger partial charge in [0.1, 0.15) is 6.04 Å². The van der Waals surface area contributed by atoms with Crippen molar-refractivity contribution in [2.45, 2.75) is 31.1 Å². The Balaban J connectivity index is 2.17. The summed E-state index contributed by atoms with van der Waals surface area (Å²) >= 11 is 12.5. The average Bonchev–Trinajstić information content (AvgIpc) is 3.08. The van der Waals surface area contributed by atoms with Crippen LogP contribution in [0.4, 0.5) is 13.2 Å². The number of carboxylic acid groups (broad SMARTS) is 1. The Morgan fingerprint density at radius 1 is 1.19 bits per heavy atom. The van der Waals surface area contributed by atoms with E-state index < -0.39 is 29.8 Å². The molecule has 1 N–H and O–H groups in total. The first-order chi connectivity index (χ1) is 12.7. The number of hydrogen-bond donors (Lipinski definition) is 1. The molecule has 2 aromatic carbocycles. The van der Waals surface area contributed by atoms with Crippen LogP contribution in [0.15, 0.2) is 42.5 Å². The van der Waals surface area contributed by atoms with E-state index in [1.54, 1.807) is 29.2 Å². The van der Waals surface area contributed by atoms with Crippen LogP contribution in [0.1, 0.15) is 35.6 Å². The second kappa shape index (κ2) is 7.70. The minimum absolute atomic E-state index is 0.206. The van der Waals surface area contributed by atoms with Crippen LogP contribution in [-0.4, -0.2) is 28.6 Å². The predicted molar refractivity (Wildman–Crippen MR) is 97.1 cm³/mol. The number of halogens is 5. The minimum Gasteiger partial charge on any atom is -0.480 e. The molecule has 2 unspecified atom stereocenters. The lowest BCUT2D eigenvalue weighted by atomic mass is 9.94. The molecule has 3 nitrogen and oxygen atoms in total. The molecule has 8 heteroatoms. The molecule has 0 spiro atoms. The second-order valence-electron chi connectivity index (χ2n) is 6.40. The van der Waals surface area contributed by atoms with Crippen molar-refractivity contribution in [2.75, 3.05) is 6.54 Å². The summed E-state index contributed by atoms with van der Waals surface area (Å²) in [5.41, 5.74) is 0.00741. The first-order valence-electron chi connectivity index (χ1n) is 8.29. The van der Waals surface area contributed by atoms with Crippen LogP contribution in [0.3, 0.4) is 0 Å². The van der Waals surface area contributed by atoms with Gasteiger partial charge in [0.05, 0.1) is 21.7 Å². The van der Waals surface area contributed by atoms with E-state index in [1.807, 2.05) is 0 Å². The molecule has 144 valence electrons. The van der Waals surface area contributed by atoms with Crippen molar-refractivity contribution >= 4 is 29.2 Å². The van der Waals surface area contributed by atoms with E-state index in [-0.39, 0.29) is 10.0 Å². The molecule has 27 heavy (non-hydrogen) atoms. The van der Waals surface area contributed by atoms with E-state index in [9.17, 15) is 23.1 Å². The Hall–Kier alpha value is -1.76. The standard InChI is InChI=1S/C19H16Cl2F3NO2/c20-14-7-2-6-13(16(14)21)17(25-9-3-8-15(25)18(26)27)11-4-1-5-12(10-11)19(22,23)24/h1-2,4-7,10,15,17H,3,8-9H2,(H,26,27). The van der Waals surface area contributed by atoms with Crippen LogP contribution in [0.2, 0.25) is 10.0 Å². The number of likely N-dealkylation sites (tertiary alicyclic amines) is 1. The smallest absolute Gasteiger partial charge is 0.416 e. The monoisotopic (exact) mass is 417 g/mol. The zero-order valence-electron chi connectivity index (χ0n) is 14.0. The van der Waals surface area contributed by atoms with Crippen molar-refractivity contribution in [3.8, 4) is 0 Å². The van der Waals surface area contributed by atoms with Gasteiger partial charge in [0.2, 0.25) is 0 Å². The van der Waals surface area contributed by atoms with Gasteiger partial charge in [-0.25, -0.2) is 0 Å². The minimum atomic E-state index is -4.50. The molecule has 1 aliphatic rings. The number of hydrogen-bond acceptors (Lipinski definition) is 2. The molecule has 1 aliphatic heterocycles. The van der Waals surface area contributed by atoms with E-state index in [0.717, 1.165) is 12.1 Å². The van der Waals surface area contributed by atoms with Crippen LogP contribution in [-0.2, 0) is 11.0 Å². The molecule has 1 fully saturated rings. The summed E-state index contributed by atoms with van der Waals surface area (Å²) in [4.78, 5) is 13.4. The number of nitrogens with zero attached hydrogens (tertiary/aromatic N) is 1. The maximum atomic E-state index is 13.2. The fourth-order valence-corrected chi connectivity index (χ4v) is 3.94. The van der Waals surface area contributed by atoms with Gasteiger partial charge in [-0.1, -0.05) is 47.5 Å². The highest BCUT2D eigenvalue weighted by atomic mass is 35.5. The van der Waals surface area contributed by atoms with Crippen molar-refractivity contribution in [2.24, 2.45) is 0 Å². The third-order valence-electron chi connectivity index (χ3n) is 4.72. The number of carbonyl (C=O) groups is 1. The van der Waals surface area contributed by atoms with E-state index in [2.05, 4.69) is 0 Å². The Bertz CT molecular complexity index is 857. The molecule has 0 radical (unpaired) electrons. The number of benzene rings is 2. The van der Waals surface area contributed by atoms with Gasteiger partial charge in [-0.05, 0) is 42.2 Å². The number of carboxylic acids is 1. The molecule has 1 saturated heterocycles. The van der Waals surface area contributed by atoms with E-state index in [1.165, 1.54) is 6.07 Å². The fraction of sp³-hybridized carbons (Fsp3) is 0.316. The average molecular weight is 418 g/mol. The molecular formula is C19H16Cl2F3NO2. The van der Waals surface area contributed by atoms with Gasteiger partial charge in [-0.2, -0.15) is 13.2 Å². The quantitative estimate of drug-likeness (QED) is 0.698. The highest BCUT2D eigenvalue weighted by molar-refractivity contribution is 6.42. The lowest BCUT2D eigenvalue weighted by molar-refractivity contribution is -0.143. The number of rotatable bonds is 4. The summed E-state index contributed by atoms with van der Waals surface area (Å²) in [5, 5.41) is 10.0. The SMILES string of the molecule is O=C(O)C1CCCN1C(c1cccc(C(F)(F)F)c1)c1cccc(Cl)c1Cl. The van der Waals surface area contributed by atoms with Gasteiger partial charge >= 0.3 is 12.1 Å². The summed E-state index contributed by atoms with van der Waals surface area (Å²) in [7, 11) is 0. The Morgan fingerprint density at radius 2 is 1.89 bits per heavy atom. The van der Waals surface area contributed by atoms with E-state index >= 15 is 0 Å². The van der Waals surface area contributed by atoms with Gasteiger partial charge in [0.25, 0.3) is 0 Å². The molecule has 0 aromatic heterocycles. The summed E-state index contributed by atoms with van der Waals surface area (Å²) in [6, 6.07) is 8.23. The third kappa shape index (κ3) is 4.08. The van der Waals surface area contributed by atoms with Crippen LogP contribution in [0, 0.1) is 0 Å². The maximum absolute atomic E-state index is 13.2. The molecule has 0 bridgehead atoms. The van der Waals surface area contributed by atoms with Crippen molar-refractivity contribution in [3.63, 3.8) is 0 Å². The zero-order chi connectivity index (χ0) is 19.8. The van der Waals surface area contributed by atoms with Crippen LogP contribution in [0.5, 0.6) is 0 Å². The van der Waals surface area contributed by atoms with Gasteiger partial charge in [0.15, 0.2) is 0 Å². The number of aliphatic carboxylic acids is 1. The van der Waals surface area contributed by atoms with E-state index in [4.69, 9.17) is 23.2 Å². The summed E-state index contributed by atoms with van der Waals surface area (Å²) < 4.78 is 39.6. The van der Waals surface area contributed by atoms with Crippen LogP contribution < -0.4 is 0 Å². The Morgan fingerprint density at radius 3 is 2.56 bits per heavy atom. The molecule has 0 amide bonds. The Labute approximate surface area is 164 Å². The Kier molecular flexibility index (Phi) is 5.70. The fourth-order valence-electron chi connectivity index (χ4n) is 3.53. The molecule has 1 heterocycles. The van der Waals surface area contributed by atoms with Gasteiger partial charge < -0.3 is 5.11 Å². The van der Waals surface area contributed by atoms with Crippen molar-refractivity contribution in [3.05, 3.63) is 69.2 Å². The van der Waals surface area contributed by atoms with Crippen molar-refractivity contribution in [1.29, 1.82) is 0 Å². The van der Waals surface area contributed by atoms with Gasteiger partial charge in [0, 0.05) is 6.54 Å². The highest BCUT2D eigenvalue weighted by Crippen LogP contribution is 2.41. The van der Waals surface area contributed by atoms with Crippen LogP contribution in [0.25, 0.3) is 0 Å². The largest absolute Gasteiger partial charge is 0.480 e. The summed E-state index contributed by atoms with van der Waals surface area (Å²) in [6.45, 7) is 0.431. The summed E-state index contributed by atoms with van der Waals surface area (Å²) in [6.07, 6.45) is -3.45. The number of alkyl halides is 3. The lowest BCUT2D eigenvalue weighted by Gasteiger charge is -2.33. The first kappa shape index (κ1) is 20.0. The summed E-state index contributed by atoms with van der Waals surface area (Å²) in [5.74, 6) is -1.01. The van der Waals surface area contributed by atoms with E-state index in [0.29, 0.717) is 30.5 Å². The van der Waals surface area contributed by atoms with Gasteiger partial charge in [-0.3, -0.25) is 9.69 Å². The second-order valence-corrected chi connectivity index (χ2v) is 7.19. The first-order valence-corrected chi connectivity index (χ1v) is 9.05. The molecular weight excluding hydrogens is 402 g/mol. The van der Waals surface area contributed by atoms with Crippen molar-refractivity contribution < 1.29 is 23.1 Å². The molecule has 2 aromatic rings. The predicted octanol–water partition coefficient (Wildman–Crippen LogP) is 5.65. The lowest BCUT2D eigenvalue weighted by Crippen LogP contribution is -2.39. The molecule has 0 saturated carbocycles. The molecule has 3 rings (SSSR count). The van der Waals surface area contributed by atoms with Gasteiger partial charge in [-0.15, -0.1) is 0 Å². The van der Waals surface area contributed by atoms with Crippen molar-refractivity contribution in [1.82, 2.24) is 4.90 Å². The third-order valence-corrected chi connectivity index (χ3v) is 5.55. The normalized spacial score (nSPS) is 19.2. The zero-order valence-corrected chi connectivity index (χ0v) is 15.5. The maximum Gasteiger partial charge on any atom is 0.416 e. The highest BCUT2D eigenvalue weighted by Gasteiger charge is 2.39.